The molecule has 0 spiro atoms. The van der Waals surface area contributed by atoms with Gasteiger partial charge in [-0.1, -0.05) is 30.3 Å². The second-order valence-corrected chi connectivity index (χ2v) is 8.21. The van der Waals surface area contributed by atoms with E-state index in [4.69, 9.17) is 4.74 Å². The zero-order valence-electron chi connectivity index (χ0n) is 17.0. The highest BCUT2D eigenvalue weighted by molar-refractivity contribution is 5.77. The lowest BCUT2D eigenvalue weighted by atomic mass is 9.97. The van der Waals surface area contributed by atoms with Crippen LogP contribution in [0.1, 0.15) is 38.2 Å². The van der Waals surface area contributed by atoms with Gasteiger partial charge in [0.1, 0.15) is 6.54 Å². The van der Waals surface area contributed by atoms with Crippen molar-refractivity contribution in [3.63, 3.8) is 0 Å². The lowest BCUT2D eigenvalue weighted by Crippen LogP contribution is -3.14. The smallest absolute Gasteiger partial charge is 0.309 e. The topological polar surface area (TPSA) is 64.3 Å². The lowest BCUT2D eigenvalue weighted by Gasteiger charge is -2.31. The van der Waals surface area contributed by atoms with Crippen LogP contribution in [0.5, 0.6) is 0 Å². The molecule has 0 unspecified atom stereocenters. The summed E-state index contributed by atoms with van der Waals surface area (Å²) in [6.07, 6.45) is 3.74. The average molecular weight is 390 g/mol. The molecule has 0 aliphatic carbocycles. The van der Waals surface area contributed by atoms with Gasteiger partial charge in [-0.3, -0.25) is 9.59 Å². The monoisotopic (exact) mass is 389 g/mol. The zero-order valence-corrected chi connectivity index (χ0v) is 17.0. The second-order valence-electron chi connectivity index (χ2n) is 8.21. The third kappa shape index (κ3) is 6.31. The summed E-state index contributed by atoms with van der Waals surface area (Å²) in [7, 11) is 0. The molecular formula is C22H35N3O3+2. The van der Waals surface area contributed by atoms with Crippen LogP contribution in [-0.2, 0) is 20.9 Å². The Labute approximate surface area is 168 Å². The largest absolute Gasteiger partial charge is 0.466 e. The van der Waals surface area contributed by atoms with Crippen LogP contribution in [0, 0.1) is 5.92 Å². The van der Waals surface area contributed by atoms with Gasteiger partial charge in [0.25, 0.3) is 5.91 Å². The van der Waals surface area contributed by atoms with E-state index in [0.29, 0.717) is 19.2 Å². The van der Waals surface area contributed by atoms with Gasteiger partial charge >= 0.3 is 5.97 Å². The van der Waals surface area contributed by atoms with Crippen LogP contribution < -0.4 is 15.1 Å². The summed E-state index contributed by atoms with van der Waals surface area (Å²) in [6.45, 7) is 7.84. The maximum absolute atomic E-state index is 12.4. The molecule has 28 heavy (non-hydrogen) atoms. The highest BCUT2D eigenvalue weighted by atomic mass is 16.5. The fourth-order valence-corrected chi connectivity index (χ4v) is 4.44. The van der Waals surface area contributed by atoms with E-state index in [0.717, 1.165) is 58.4 Å². The second kappa shape index (κ2) is 10.6. The Morgan fingerprint density at radius 1 is 1.00 bits per heavy atom. The van der Waals surface area contributed by atoms with E-state index in [-0.39, 0.29) is 17.8 Å². The summed E-state index contributed by atoms with van der Waals surface area (Å²) >= 11 is 0. The van der Waals surface area contributed by atoms with Crippen molar-refractivity contribution in [1.82, 2.24) is 5.32 Å². The molecule has 2 aliphatic heterocycles. The number of quaternary nitrogens is 2. The molecule has 6 nitrogen and oxygen atoms in total. The van der Waals surface area contributed by atoms with Gasteiger partial charge in [-0.15, -0.1) is 0 Å². The van der Waals surface area contributed by atoms with E-state index >= 15 is 0 Å². The Bertz CT molecular complexity index is 621. The number of piperidine rings is 2. The Hall–Kier alpha value is -1.92. The van der Waals surface area contributed by atoms with E-state index in [2.05, 4.69) is 35.6 Å². The molecule has 0 bridgehead atoms. The molecule has 154 valence electrons. The van der Waals surface area contributed by atoms with E-state index < -0.39 is 0 Å². The van der Waals surface area contributed by atoms with E-state index in [9.17, 15) is 9.59 Å². The van der Waals surface area contributed by atoms with Crippen molar-refractivity contribution in [2.24, 2.45) is 5.92 Å². The van der Waals surface area contributed by atoms with Gasteiger partial charge < -0.3 is 19.9 Å². The molecule has 2 heterocycles. The summed E-state index contributed by atoms with van der Waals surface area (Å²) < 4.78 is 5.11. The Kier molecular flexibility index (Phi) is 7.86. The molecule has 2 aliphatic rings. The van der Waals surface area contributed by atoms with Crippen molar-refractivity contribution in [2.45, 2.75) is 45.2 Å². The van der Waals surface area contributed by atoms with Gasteiger partial charge in [-0.05, 0) is 6.92 Å². The van der Waals surface area contributed by atoms with Crippen molar-refractivity contribution in [2.75, 3.05) is 39.3 Å². The number of nitrogens with one attached hydrogen (secondary N) is 3. The number of amides is 1. The van der Waals surface area contributed by atoms with E-state index in [1.54, 1.807) is 4.90 Å². The van der Waals surface area contributed by atoms with Crippen molar-refractivity contribution in [3.8, 4) is 0 Å². The van der Waals surface area contributed by atoms with Crippen molar-refractivity contribution in [3.05, 3.63) is 35.9 Å². The van der Waals surface area contributed by atoms with Crippen molar-refractivity contribution >= 4 is 11.9 Å². The molecule has 0 saturated carbocycles. The zero-order chi connectivity index (χ0) is 19.8. The maximum Gasteiger partial charge on any atom is 0.309 e. The number of hydrogen-bond donors (Lipinski definition) is 3. The van der Waals surface area contributed by atoms with Gasteiger partial charge in [0.15, 0.2) is 6.54 Å². The minimum atomic E-state index is -0.0734. The Balaban J connectivity index is 1.32. The number of benzene rings is 1. The van der Waals surface area contributed by atoms with Crippen molar-refractivity contribution in [1.29, 1.82) is 0 Å². The third-order valence-corrected chi connectivity index (χ3v) is 6.08. The van der Waals surface area contributed by atoms with E-state index in [1.165, 1.54) is 10.5 Å². The summed E-state index contributed by atoms with van der Waals surface area (Å²) in [4.78, 5) is 27.1. The quantitative estimate of drug-likeness (QED) is 0.536. The number of likely N-dealkylation sites (tertiary alicyclic amines) is 2. The summed E-state index contributed by atoms with van der Waals surface area (Å²) in [5.74, 6) is 0.0977. The number of carbonyl (C=O) groups is 2. The summed E-state index contributed by atoms with van der Waals surface area (Å²) in [5, 5.41) is 3.24. The molecule has 3 rings (SSSR count). The first-order valence-electron chi connectivity index (χ1n) is 10.8. The first kappa shape index (κ1) is 20.8. The van der Waals surface area contributed by atoms with Gasteiger partial charge in [0.2, 0.25) is 0 Å². The minimum absolute atomic E-state index is 0.0173. The normalized spacial score (nSPS) is 27.8. The molecule has 1 aromatic carbocycles. The third-order valence-electron chi connectivity index (χ3n) is 6.08. The first-order valence-corrected chi connectivity index (χ1v) is 10.8. The van der Waals surface area contributed by atoms with Gasteiger partial charge in [0.05, 0.1) is 38.7 Å². The summed E-state index contributed by atoms with van der Waals surface area (Å²) in [6, 6.07) is 10.9. The number of ether oxygens (including phenoxy) is 1. The van der Waals surface area contributed by atoms with Crippen LogP contribution in [0.15, 0.2) is 30.3 Å². The molecule has 1 amide bonds. The lowest BCUT2D eigenvalue weighted by molar-refractivity contribution is -0.918. The molecule has 1 aromatic rings. The van der Waals surface area contributed by atoms with Gasteiger partial charge in [-0.25, -0.2) is 0 Å². The van der Waals surface area contributed by atoms with Crippen LogP contribution in [0.4, 0.5) is 0 Å². The predicted octanol–water partition coefficient (Wildman–Crippen LogP) is -0.792. The minimum Gasteiger partial charge on any atom is -0.466 e. The molecule has 3 N–H and O–H groups in total. The number of carbonyl (C=O) groups excluding carboxylic acids is 2. The maximum atomic E-state index is 12.4. The fraction of sp³-hybridized carbons (Fsp3) is 0.636. The van der Waals surface area contributed by atoms with E-state index in [1.807, 2.05) is 6.92 Å². The highest BCUT2D eigenvalue weighted by Gasteiger charge is 2.30. The highest BCUT2D eigenvalue weighted by Crippen LogP contribution is 2.11. The average Bonchev–Trinajstić information content (AvgIpc) is 2.71. The first-order chi connectivity index (χ1) is 13.6. The predicted molar refractivity (Wildman–Crippen MR) is 107 cm³/mol. The molecule has 0 aromatic heterocycles. The molecule has 0 atom stereocenters. The van der Waals surface area contributed by atoms with Crippen LogP contribution >= 0.6 is 0 Å². The number of hydrogen-bond acceptors (Lipinski definition) is 3. The van der Waals surface area contributed by atoms with Gasteiger partial charge in [0, 0.05) is 37.3 Å². The molecular weight excluding hydrogens is 354 g/mol. The summed E-state index contributed by atoms with van der Waals surface area (Å²) in [5.41, 5.74) is 1.38. The van der Waals surface area contributed by atoms with Crippen LogP contribution in [-0.4, -0.2) is 57.2 Å². The van der Waals surface area contributed by atoms with Crippen LogP contribution in [0.2, 0.25) is 0 Å². The number of esters is 1. The molecule has 0 radical (unpaired) electrons. The Morgan fingerprint density at radius 3 is 2.29 bits per heavy atom. The molecule has 6 heteroatoms. The molecule has 2 fully saturated rings. The number of rotatable bonds is 7. The fourth-order valence-electron chi connectivity index (χ4n) is 4.44. The van der Waals surface area contributed by atoms with Crippen molar-refractivity contribution < 1.29 is 24.1 Å². The van der Waals surface area contributed by atoms with Crippen LogP contribution in [0.3, 0.4) is 0 Å². The molecule has 2 saturated heterocycles. The standard InChI is InChI=1S/C22H33N3O3/c1-2-28-22(27)19-8-12-25(13-9-19)17-21(26)23-20-10-14-24(15-11-20)16-18-6-4-3-5-7-18/h3-7,19-20H,2,8-17H2,1H3,(H,23,26)/p+2. The van der Waals surface area contributed by atoms with Crippen LogP contribution in [0.25, 0.3) is 0 Å². The van der Waals surface area contributed by atoms with Gasteiger partial charge in [-0.2, -0.15) is 0 Å². The Morgan fingerprint density at radius 2 is 1.64 bits per heavy atom. The SMILES string of the molecule is CCOC(=O)C1CC[NH+](CC(=O)NC2CC[NH+](Cc3ccccc3)CC2)CC1.